The molecule has 1 atom stereocenters. The average Bonchev–Trinajstić information content (AvgIpc) is 2.80. The maximum Gasteiger partial charge on any atom is 0.175 e. The highest BCUT2D eigenvalue weighted by Crippen LogP contribution is 2.35. The molecule has 0 saturated carbocycles. The van der Waals surface area contributed by atoms with Crippen molar-refractivity contribution in [3.63, 3.8) is 0 Å². The summed E-state index contributed by atoms with van der Waals surface area (Å²) >= 11 is 0. The van der Waals surface area contributed by atoms with Crippen molar-refractivity contribution in [1.82, 2.24) is 0 Å². The summed E-state index contributed by atoms with van der Waals surface area (Å²) in [6.45, 7) is 0. The molecule has 0 aromatic heterocycles. The highest BCUT2D eigenvalue weighted by Gasteiger charge is 2.22. The van der Waals surface area contributed by atoms with Crippen LogP contribution in [0.25, 0.3) is 0 Å². The lowest BCUT2D eigenvalue weighted by Gasteiger charge is -2.16. The zero-order valence-corrected chi connectivity index (χ0v) is 12.5. The van der Waals surface area contributed by atoms with Crippen molar-refractivity contribution in [1.29, 1.82) is 0 Å². The maximum atomic E-state index is 11.4. The van der Waals surface area contributed by atoms with Crippen molar-refractivity contribution in [2.24, 2.45) is 0 Å². The van der Waals surface area contributed by atoms with E-state index in [1.54, 1.807) is 30.3 Å². The number of fused-ring (bicyclic) bond motifs is 1. The molecule has 2 aromatic carbocycles. The summed E-state index contributed by atoms with van der Waals surface area (Å²) < 4.78 is 22.9. The van der Waals surface area contributed by atoms with Crippen molar-refractivity contribution >= 4 is 15.5 Å². The minimum absolute atomic E-state index is 0.199. The van der Waals surface area contributed by atoms with Crippen LogP contribution in [-0.2, 0) is 16.3 Å². The van der Waals surface area contributed by atoms with E-state index in [2.05, 4.69) is 5.32 Å². The summed E-state index contributed by atoms with van der Waals surface area (Å²) in [4.78, 5) is 0.324. The molecule has 0 bridgehead atoms. The van der Waals surface area contributed by atoms with Gasteiger partial charge in [0.1, 0.15) is 5.75 Å². The Morgan fingerprint density at radius 1 is 1.14 bits per heavy atom. The maximum absolute atomic E-state index is 11.4. The molecule has 2 aromatic rings. The van der Waals surface area contributed by atoms with Crippen LogP contribution in [0.15, 0.2) is 47.4 Å². The lowest BCUT2D eigenvalue weighted by atomic mass is 10.1. The van der Waals surface area contributed by atoms with Crippen molar-refractivity contribution in [2.45, 2.75) is 23.8 Å². The van der Waals surface area contributed by atoms with Gasteiger partial charge < -0.3 is 10.4 Å². The van der Waals surface area contributed by atoms with Crippen molar-refractivity contribution in [2.75, 3.05) is 11.6 Å². The Hall–Kier alpha value is -2.01. The Kier molecular flexibility index (Phi) is 3.37. The third-order valence-electron chi connectivity index (χ3n) is 3.83. The standard InChI is InChI=1S/C16H17NO3S/c1-21(19,20)14-6-3-12(4-7-14)17-16-9-2-11-10-13(18)5-8-15(11)16/h3-8,10,16-18H,2,9H2,1H3. The predicted molar refractivity (Wildman–Crippen MR) is 82.3 cm³/mol. The van der Waals surface area contributed by atoms with Gasteiger partial charge in [0.2, 0.25) is 0 Å². The first-order chi connectivity index (χ1) is 9.93. The molecule has 0 heterocycles. The molecule has 3 rings (SSSR count). The third-order valence-corrected chi connectivity index (χ3v) is 4.96. The molecule has 0 aliphatic heterocycles. The molecule has 2 N–H and O–H groups in total. The van der Waals surface area contributed by atoms with Crippen molar-refractivity contribution in [3.05, 3.63) is 53.6 Å². The molecule has 110 valence electrons. The van der Waals surface area contributed by atoms with Gasteiger partial charge in [-0.3, -0.25) is 0 Å². The number of aryl methyl sites for hydroxylation is 1. The van der Waals surface area contributed by atoms with Gasteiger partial charge in [-0.1, -0.05) is 6.07 Å². The normalized spacial score (nSPS) is 17.5. The minimum atomic E-state index is -3.16. The first-order valence-electron chi connectivity index (χ1n) is 6.82. The number of hydrogen-bond acceptors (Lipinski definition) is 4. The van der Waals surface area contributed by atoms with Gasteiger partial charge in [0.25, 0.3) is 0 Å². The van der Waals surface area contributed by atoms with Gasteiger partial charge in [0, 0.05) is 11.9 Å². The quantitative estimate of drug-likeness (QED) is 0.915. The van der Waals surface area contributed by atoms with E-state index in [9.17, 15) is 13.5 Å². The van der Waals surface area contributed by atoms with E-state index in [1.807, 2.05) is 12.1 Å². The van der Waals surface area contributed by atoms with Gasteiger partial charge in [0.05, 0.1) is 10.9 Å². The smallest absolute Gasteiger partial charge is 0.175 e. The number of phenols is 1. The summed E-state index contributed by atoms with van der Waals surface area (Å²) in [5.74, 6) is 0.298. The molecule has 4 nitrogen and oxygen atoms in total. The Morgan fingerprint density at radius 2 is 1.86 bits per heavy atom. The minimum Gasteiger partial charge on any atom is -0.508 e. The van der Waals surface area contributed by atoms with E-state index in [-0.39, 0.29) is 6.04 Å². The number of rotatable bonds is 3. The van der Waals surface area contributed by atoms with Crippen LogP contribution < -0.4 is 5.32 Å². The number of hydrogen-bond donors (Lipinski definition) is 2. The van der Waals surface area contributed by atoms with E-state index in [4.69, 9.17) is 0 Å². The molecular weight excluding hydrogens is 286 g/mol. The van der Waals surface area contributed by atoms with Gasteiger partial charge in [0.15, 0.2) is 9.84 Å². The number of benzene rings is 2. The highest BCUT2D eigenvalue weighted by atomic mass is 32.2. The summed E-state index contributed by atoms with van der Waals surface area (Å²) in [5, 5.41) is 12.9. The number of phenolic OH excluding ortho intramolecular Hbond substituents is 1. The van der Waals surface area contributed by atoms with Crippen LogP contribution in [0.2, 0.25) is 0 Å². The number of nitrogens with one attached hydrogen (secondary N) is 1. The van der Waals surface area contributed by atoms with Gasteiger partial charge in [-0.15, -0.1) is 0 Å². The van der Waals surface area contributed by atoms with Crippen LogP contribution in [0.1, 0.15) is 23.6 Å². The van der Waals surface area contributed by atoms with Crippen LogP contribution in [0, 0.1) is 0 Å². The first-order valence-corrected chi connectivity index (χ1v) is 8.71. The SMILES string of the molecule is CS(=O)(=O)c1ccc(NC2CCc3cc(O)ccc32)cc1. The summed E-state index contributed by atoms with van der Waals surface area (Å²) in [5.41, 5.74) is 3.26. The molecule has 0 fully saturated rings. The van der Waals surface area contributed by atoms with Crippen LogP contribution in [-0.4, -0.2) is 19.8 Å². The summed E-state index contributed by atoms with van der Waals surface area (Å²) in [6, 6.07) is 12.5. The highest BCUT2D eigenvalue weighted by molar-refractivity contribution is 7.90. The molecule has 1 unspecified atom stereocenters. The van der Waals surface area contributed by atoms with Crippen molar-refractivity contribution < 1.29 is 13.5 Å². The molecule has 0 spiro atoms. The third kappa shape index (κ3) is 2.88. The molecular formula is C16H17NO3S. The average molecular weight is 303 g/mol. The van der Waals surface area contributed by atoms with Gasteiger partial charge in [-0.05, 0) is 60.4 Å². The van der Waals surface area contributed by atoms with E-state index in [1.165, 1.54) is 17.4 Å². The van der Waals surface area contributed by atoms with E-state index >= 15 is 0 Å². The second-order valence-electron chi connectivity index (χ2n) is 5.42. The van der Waals surface area contributed by atoms with Crippen LogP contribution >= 0.6 is 0 Å². The van der Waals surface area contributed by atoms with Gasteiger partial charge in [-0.25, -0.2) is 8.42 Å². The summed E-state index contributed by atoms with van der Waals surface area (Å²) in [7, 11) is -3.16. The molecule has 1 aliphatic carbocycles. The summed E-state index contributed by atoms with van der Waals surface area (Å²) in [6.07, 6.45) is 3.10. The van der Waals surface area contributed by atoms with E-state index in [0.29, 0.717) is 10.6 Å². The molecule has 1 aliphatic rings. The molecule has 0 radical (unpaired) electrons. The number of aromatic hydroxyl groups is 1. The van der Waals surface area contributed by atoms with Crippen LogP contribution in [0.3, 0.4) is 0 Å². The number of sulfone groups is 1. The lowest BCUT2D eigenvalue weighted by molar-refractivity contribution is 0.474. The van der Waals surface area contributed by atoms with Crippen LogP contribution in [0.5, 0.6) is 5.75 Å². The topological polar surface area (TPSA) is 66.4 Å². The second kappa shape index (κ2) is 5.07. The molecule has 0 amide bonds. The van der Waals surface area contributed by atoms with E-state index in [0.717, 1.165) is 18.5 Å². The van der Waals surface area contributed by atoms with Crippen LogP contribution in [0.4, 0.5) is 5.69 Å². The monoisotopic (exact) mass is 303 g/mol. The molecule has 5 heteroatoms. The van der Waals surface area contributed by atoms with Crippen molar-refractivity contribution in [3.8, 4) is 5.75 Å². The zero-order valence-electron chi connectivity index (χ0n) is 11.7. The Labute approximate surface area is 124 Å². The molecule has 0 saturated heterocycles. The molecule has 21 heavy (non-hydrogen) atoms. The largest absolute Gasteiger partial charge is 0.508 e. The Morgan fingerprint density at radius 3 is 2.52 bits per heavy atom. The fraction of sp³-hybridized carbons (Fsp3) is 0.250. The van der Waals surface area contributed by atoms with Gasteiger partial charge in [-0.2, -0.15) is 0 Å². The van der Waals surface area contributed by atoms with E-state index < -0.39 is 9.84 Å². The van der Waals surface area contributed by atoms with Gasteiger partial charge >= 0.3 is 0 Å². The lowest BCUT2D eigenvalue weighted by Crippen LogP contribution is -2.07. The number of anilines is 1. The Balaban J connectivity index is 1.80. The predicted octanol–water partition coefficient (Wildman–Crippen LogP) is 2.90. The zero-order chi connectivity index (χ0) is 15.0. The fourth-order valence-electron chi connectivity index (χ4n) is 2.75. The second-order valence-corrected chi connectivity index (χ2v) is 7.43. The fourth-order valence-corrected chi connectivity index (χ4v) is 3.38. The first kappa shape index (κ1) is 13.9. The Bertz CT molecular complexity index is 767.